The maximum absolute atomic E-state index is 5.73. The number of rotatable bonds is 2. The van der Waals surface area contributed by atoms with Crippen molar-refractivity contribution in [2.45, 2.75) is 59.9 Å². The van der Waals surface area contributed by atoms with Crippen LogP contribution in [0.1, 0.15) is 53.9 Å². The Morgan fingerprint density at radius 3 is 1.87 bits per heavy atom. The van der Waals surface area contributed by atoms with Crippen LogP contribution in [0.3, 0.4) is 0 Å². The predicted molar refractivity (Wildman–Crippen MR) is 66.2 cm³/mol. The highest BCUT2D eigenvalue weighted by Gasteiger charge is 2.35. The van der Waals surface area contributed by atoms with Crippen LogP contribution in [0.25, 0.3) is 0 Å². The number of hydrazine groups is 1. The van der Waals surface area contributed by atoms with Crippen molar-refractivity contribution in [2.24, 2.45) is 29.0 Å². The fourth-order valence-electron chi connectivity index (χ4n) is 3.37. The number of hydrogen-bond donors (Lipinski definition) is 2. The molecule has 0 amide bonds. The summed E-state index contributed by atoms with van der Waals surface area (Å²) in [5, 5.41) is 0. The molecule has 3 N–H and O–H groups in total. The summed E-state index contributed by atoms with van der Waals surface area (Å²) in [5.74, 6) is 8.19. The number of nitrogens with two attached hydrogens (primary N) is 1. The van der Waals surface area contributed by atoms with Gasteiger partial charge in [-0.3, -0.25) is 11.3 Å². The van der Waals surface area contributed by atoms with Crippen LogP contribution in [0.15, 0.2) is 0 Å². The van der Waals surface area contributed by atoms with Crippen molar-refractivity contribution >= 4 is 0 Å². The van der Waals surface area contributed by atoms with Crippen LogP contribution in [0.5, 0.6) is 0 Å². The molecule has 1 rings (SSSR count). The molecule has 0 heterocycles. The first-order valence-corrected chi connectivity index (χ1v) is 6.30. The minimum absolute atomic E-state index is 0.260. The van der Waals surface area contributed by atoms with E-state index in [-0.39, 0.29) is 5.41 Å². The summed E-state index contributed by atoms with van der Waals surface area (Å²) >= 11 is 0. The molecule has 3 atom stereocenters. The summed E-state index contributed by atoms with van der Waals surface area (Å²) in [6.45, 7) is 11.6. The van der Waals surface area contributed by atoms with Gasteiger partial charge in [0.15, 0.2) is 0 Å². The largest absolute Gasteiger partial charge is 0.271 e. The van der Waals surface area contributed by atoms with E-state index in [9.17, 15) is 0 Å². The maximum Gasteiger partial charge on any atom is 0.0287 e. The van der Waals surface area contributed by atoms with Gasteiger partial charge < -0.3 is 0 Å². The molecule has 1 aliphatic rings. The Labute approximate surface area is 95.0 Å². The smallest absolute Gasteiger partial charge is 0.0287 e. The molecule has 0 radical (unpaired) electrons. The zero-order valence-corrected chi connectivity index (χ0v) is 11.0. The van der Waals surface area contributed by atoms with E-state index in [1.54, 1.807) is 0 Å². The lowest BCUT2D eigenvalue weighted by Crippen LogP contribution is -2.50. The maximum atomic E-state index is 5.73. The highest BCUT2D eigenvalue weighted by Crippen LogP contribution is 2.39. The van der Waals surface area contributed by atoms with Gasteiger partial charge in [-0.1, -0.05) is 34.6 Å². The Bertz CT molecular complexity index is 185. The molecule has 0 aliphatic heterocycles. The second kappa shape index (κ2) is 4.84. The molecule has 1 aliphatic carbocycles. The monoisotopic (exact) mass is 212 g/mol. The molecular formula is C13H28N2. The van der Waals surface area contributed by atoms with Gasteiger partial charge in [0.25, 0.3) is 0 Å². The van der Waals surface area contributed by atoms with Gasteiger partial charge in [-0.2, -0.15) is 0 Å². The van der Waals surface area contributed by atoms with Gasteiger partial charge in [-0.05, 0) is 42.4 Å². The molecule has 3 unspecified atom stereocenters. The third-order valence-electron chi connectivity index (χ3n) is 3.80. The zero-order valence-electron chi connectivity index (χ0n) is 11.0. The minimum Gasteiger partial charge on any atom is -0.271 e. The van der Waals surface area contributed by atoms with Gasteiger partial charge in [0.05, 0.1) is 0 Å². The molecule has 0 bridgehead atoms. The number of hydrogen-bond acceptors (Lipinski definition) is 2. The van der Waals surface area contributed by atoms with Crippen LogP contribution >= 0.6 is 0 Å². The topological polar surface area (TPSA) is 38.0 Å². The molecule has 90 valence electrons. The van der Waals surface area contributed by atoms with Gasteiger partial charge >= 0.3 is 0 Å². The Kier molecular flexibility index (Phi) is 4.19. The summed E-state index contributed by atoms with van der Waals surface area (Å²) in [7, 11) is 0. The highest BCUT2D eigenvalue weighted by molar-refractivity contribution is 4.89. The third kappa shape index (κ3) is 3.46. The second-order valence-electron chi connectivity index (χ2n) is 6.69. The molecule has 0 aromatic carbocycles. The summed E-state index contributed by atoms with van der Waals surface area (Å²) in [6, 6.07) is 0.447. The molecule has 0 aromatic rings. The van der Waals surface area contributed by atoms with Crippen molar-refractivity contribution in [3.63, 3.8) is 0 Å². The van der Waals surface area contributed by atoms with Crippen LogP contribution in [0, 0.1) is 23.2 Å². The SMILES string of the molecule is CC1CC(C)CC(C(NN)C(C)(C)C)C1. The van der Waals surface area contributed by atoms with Gasteiger partial charge in [-0.15, -0.1) is 0 Å². The van der Waals surface area contributed by atoms with Gasteiger partial charge in [0, 0.05) is 6.04 Å². The first kappa shape index (κ1) is 13.0. The van der Waals surface area contributed by atoms with Crippen molar-refractivity contribution in [3.05, 3.63) is 0 Å². The van der Waals surface area contributed by atoms with E-state index in [0.717, 1.165) is 17.8 Å². The zero-order chi connectivity index (χ0) is 11.6. The van der Waals surface area contributed by atoms with E-state index in [1.165, 1.54) is 19.3 Å². The van der Waals surface area contributed by atoms with Crippen LogP contribution in [-0.4, -0.2) is 6.04 Å². The van der Waals surface area contributed by atoms with Crippen molar-refractivity contribution in [1.29, 1.82) is 0 Å². The van der Waals surface area contributed by atoms with Crippen molar-refractivity contribution in [1.82, 2.24) is 5.43 Å². The Hall–Kier alpha value is -0.0800. The first-order chi connectivity index (χ1) is 6.84. The summed E-state index contributed by atoms with van der Waals surface area (Å²) in [4.78, 5) is 0. The second-order valence-corrected chi connectivity index (χ2v) is 6.69. The Morgan fingerprint density at radius 2 is 1.53 bits per heavy atom. The summed E-state index contributed by atoms with van der Waals surface area (Å²) in [5.41, 5.74) is 3.31. The van der Waals surface area contributed by atoms with E-state index in [4.69, 9.17) is 5.84 Å². The molecule has 0 saturated heterocycles. The lowest BCUT2D eigenvalue weighted by Gasteiger charge is -2.42. The molecule has 1 fully saturated rings. The summed E-state index contributed by atoms with van der Waals surface area (Å²) in [6.07, 6.45) is 4.05. The normalized spacial score (nSPS) is 35.2. The van der Waals surface area contributed by atoms with Crippen molar-refractivity contribution < 1.29 is 0 Å². The molecule has 15 heavy (non-hydrogen) atoms. The third-order valence-corrected chi connectivity index (χ3v) is 3.80. The van der Waals surface area contributed by atoms with E-state index in [1.807, 2.05) is 0 Å². The minimum atomic E-state index is 0.260. The summed E-state index contributed by atoms with van der Waals surface area (Å²) < 4.78 is 0. The standard InChI is InChI=1S/C13H28N2/c1-9-6-10(2)8-11(7-9)12(15-14)13(3,4)5/h9-12,15H,6-8,14H2,1-5H3. The average molecular weight is 212 g/mol. The molecule has 0 spiro atoms. The quantitative estimate of drug-likeness (QED) is 0.545. The van der Waals surface area contributed by atoms with Crippen LogP contribution < -0.4 is 11.3 Å². The van der Waals surface area contributed by atoms with E-state index in [2.05, 4.69) is 40.0 Å². The van der Waals surface area contributed by atoms with E-state index in [0.29, 0.717) is 6.04 Å². The Morgan fingerprint density at radius 1 is 1.07 bits per heavy atom. The van der Waals surface area contributed by atoms with Gasteiger partial charge in [-0.25, -0.2) is 0 Å². The predicted octanol–water partition coefficient (Wildman–Crippen LogP) is 2.94. The molecule has 2 nitrogen and oxygen atoms in total. The van der Waals surface area contributed by atoms with Crippen LogP contribution in [0.2, 0.25) is 0 Å². The molecule has 1 saturated carbocycles. The molecule has 2 heteroatoms. The first-order valence-electron chi connectivity index (χ1n) is 6.30. The van der Waals surface area contributed by atoms with Crippen molar-refractivity contribution in [3.8, 4) is 0 Å². The fourth-order valence-corrected chi connectivity index (χ4v) is 3.37. The van der Waals surface area contributed by atoms with E-state index >= 15 is 0 Å². The molecular weight excluding hydrogens is 184 g/mol. The van der Waals surface area contributed by atoms with Crippen LogP contribution in [0.4, 0.5) is 0 Å². The average Bonchev–Trinajstić information content (AvgIpc) is 1.99. The van der Waals surface area contributed by atoms with E-state index < -0.39 is 0 Å². The van der Waals surface area contributed by atoms with Crippen molar-refractivity contribution in [2.75, 3.05) is 0 Å². The lowest BCUT2D eigenvalue weighted by atomic mass is 9.68. The number of nitrogens with one attached hydrogen (secondary N) is 1. The van der Waals surface area contributed by atoms with Crippen LogP contribution in [-0.2, 0) is 0 Å². The fraction of sp³-hybridized carbons (Fsp3) is 1.00. The lowest BCUT2D eigenvalue weighted by molar-refractivity contribution is 0.113. The highest BCUT2D eigenvalue weighted by atomic mass is 15.2. The van der Waals surface area contributed by atoms with Gasteiger partial charge in [0.1, 0.15) is 0 Å². The molecule has 0 aromatic heterocycles. The Balaban J connectivity index is 2.68. The van der Waals surface area contributed by atoms with Gasteiger partial charge in [0.2, 0.25) is 0 Å².